The van der Waals surface area contributed by atoms with E-state index < -0.39 is 12.1 Å². The lowest BCUT2D eigenvalue weighted by Gasteiger charge is -2.19. The summed E-state index contributed by atoms with van der Waals surface area (Å²) in [4.78, 5) is 11.9. The Morgan fingerprint density at radius 3 is 2.37 bits per heavy atom. The van der Waals surface area contributed by atoms with Crippen LogP contribution in [0, 0.1) is 0 Å². The number of aliphatic hydroxyl groups is 1. The second kappa shape index (κ2) is 16.7. The molecule has 2 atom stereocenters. The third-order valence-electron chi connectivity index (χ3n) is 4.52. The van der Waals surface area contributed by atoms with E-state index in [9.17, 15) is 9.90 Å². The summed E-state index contributed by atoms with van der Waals surface area (Å²) >= 11 is 1.55. The third-order valence-corrected chi connectivity index (χ3v) is 5.81. The van der Waals surface area contributed by atoms with Gasteiger partial charge in [-0.15, -0.1) is 11.8 Å². The minimum Gasteiger partial charge on any atom is -0.478 e. The van der Waals surface area contributed by atoms with E-state index >= 15 is 0 Å². The molecule has 0 aromatic heterocycles. The lowest BCUT2D eigenvalue weighted by atomic mass is 10.1. The number of unbranched alkanes of at least 4 members (excludes halogenated alkanes) is 3. The van der Waals surface area contributed by atoms with Crippen molar-refractivity contribution in [3.8, 4) is 0 Å². The van der Waals surface area contributed by atoms with E-state index in [2.05, 4.69) is 32.1 Å². The van der Waals surface area contributed by atoms with Gasteiger partial charge >= 0.3 is 5.97 Å². The van der Waals surface area contributed by atoms with Crippen LogP contribution in [0.1, 0.15) is 69.2 Å². The SMILES string of the molecule is CCCCC/C=C\C\C=C/C=C/C=C/[C@@H](Sc1ccc(C(=O)O)cc1)[C@@H](O)CCC. The molecule has 0 aliphatic heterocycles. The maximum absolute atomic E-state index is 11.0. The van der Waals surface area contributed by atoms with Gasteiger partial charge in [0.05, 0.1) is 16.9 Å². The number of thioether (sulfide) groups is 1. The molecule has 0 aliphatic carbocycles. The zero-order chi connectivity index (χ0) is 22.0. The molecule has 4 heteroatoms. The van der Waals surface area contributed by atoms with Crippen molar-refractivity contribution in [2.24, 2.45) is 0 Å². The lowest BCUT2D eigenvalue weighted by molar-refractivity contribution is 0.0696. The molecule has 0 amide bonds. The Labute approximate surface area is 186 Å². The highest BCUT2D eigenvalue weighted by Crippen LogP contribution is 2.28. The topological polar surface area (TPSA) is 57.5 Å². The van der Waals surface area contributed by atoms with E-state index in [1.165, 1.54) is 25.7 Å². The number of benzene rings is 1. The van der Waals surface area contributed by atoms with Gasteiger partial charge in [0.1, 0.15) is 0 Å². The maximum Gasteiger partial charge on any atom is 0.335 e. The molecule has 1 aromatic carbocycles. The molecule has 0 fully saturated rings. The Morgan fingerprint density at radius 2 is 1.70 bits per heavy atom. The van der Waals surface area contributed by atoms with Crippen LogP contribution in [0.25, 0.3) is 0 Å². The van der Waals surface area contributed by atoms with E-state index in [1.54, 1.807) is 36.0 Å². The normalized spacial score (nSPS) is 14.4. The monoisotopic (exact) mass is 428 g/mol. The van der Waals surface area contributed by atoms with Gasteiger partial charge in [0.15, 0.2) is 0 Å². The van der Waals surface area contributed by atoms with Crippen LogP contribution in [0.3, 0.4) is 0 Å². The molecule has 0 saturated carbocycles. The van der Waals surface area contributed by atoms with Crippen LogP contribution in [0.4, 0.5) is 0 Å². The highest BCUT2D eigenvalue weighted by molar-refractivity contribution is 8.00. The average molecular weight is 429 g/mol. The molecule has 1 aromatic rings. The molecule has 164 valence electrons. The second-order valence-electron chi connectivity index (χ2n) is 7.17. The fourth-order valence-corrected chi connectivity index (χ4v) is 3.87. The predicted octanol–water partition coefficient (Wildman–Crippen LogP) is 7.20. The van der Waals surface area contributed by atoms with Crippen molar-refractivity contribution in [3.63, 3.8) is 0 Å². The number of carbonyl (C=O) groups is 1. The standard InChI is InChI=1S/C26H36O3S/c1-3-5-6-7-8-9-10-11-12-13-14-15-17-25(24(27)16-4-2)30-23-20-18-22(19-21-23)26(28)29/h8-9,11-15,17-21,24-25,27H,3-7,10,16H2,1-2H3,(H,28,29)/b9-8-,12-11-,14-13+,17-15+/t24-,25+/m0/s1. The summed E-state index contributed by atoms with van der Waals surface area (Å²) in [6.45, 7) is 4.27. The molecular weight excluding hydrogens is 392 g/mol. The van der Waals surface area contributed by atoms with Gasteiger partial charge in [-0.05, 0) is 49.9 Å². The molecule has 0 heterocycles. The minimum atomic E-state index is -0.931. The van der Waals surface area contributed by atoms with Gasteiger partial charge < -0.3 is 10.2 Å². The van der Waals surface area contributed by atoms with Gasteiger partial charge in [-0.3, -0.25) is 0 Å². The number of hydrogen-bond acceptors (Lipinski definition) is 3. The number of aromatic carboxylic acids is 1. The van der Waals surface area contributed by atoms with Crippen LogP contribution in [0.5, 0.6) is 0 Å². The van der Waals surface area contributed by atoms with Gasteiger partial charge in [0.25, 0.3) is 0 Å². The van der Waals surface area contributed by atoms with Gasteiger partial charge in [-0.25, -0.2) is 4.79 Å². The molecular formula is C26H36O3S. The minimum absolute atomic E-state index is 0.0830. The van der Waals surface area contributed by atoms with Crippen LogP contribution in [-0.4, -0.2) is 27.5 Å². The molecule has 0 radical (unpaired) electrons. The van der Waals surface area contributed by atoms with Crippen LogP contribution in [0.2, 0.25) is 0 Å². The summed E-state index contributed by atoms with van der Waals surface area (Å²) in [6.07, 6.45) is 23.7. The van der Waals surface area contributed by atoms with E-state index in [4.69, 9.17) is 5.11 Å². The number of carboxylic acids is 1. The number of carboxylic acid groups (broad SMARTS) is 1. The summed E-state index contributed by atoms with van der Waals surface area (Å²) in [5, 5.41) is 19.4. The predicted molar refractivity (Wildman–Crippen MR) is 129 cm³/mol. The molecule has 30 heavy (non-hydrogen) atoms. The molecule has 0 spiro atoms. The summed E-state index contributed by atoms with van der Waals surface area (Å²) < 4.78 is 0. The zero-order valence-electron chi connectivity index (χ0n) is 18.2. The van der Waals surface area contributed by atoms with Gasteiger partial charge in [-0.1, -0.05) is 81.7 Å². The zero-order valence-corrected chi connectivity index (χ0v) is 19.1. The Bertz CT molecular complexity index is 701. The number of rotatable bonds is 15. The Kier molecular flexibility index (Phi) is 14.5. The van der Waals surface area contributed by atoms with Gasteiger partial charge in [0.2, 0.25) is 0 Å². The fraction of sp³-hybridized carbons (Fsp3) is 0.423. The summed E-state index contributed by atoms with van der Waals surface area (Å²) in [6, 6.07) is 6.78. The van der Waals surface area contributed by atoms with Crippen LogP contribution in [0.15, 0.2) is 77.8 Å². The van der Waals surface area contributed by atoms with Gasteiger partial charge in [-0.2, -0.15) is 0 Å². The first-order chi connectivity index (χ1) is 14.6. The first kappa shape index (κ1) is 26.0. The van der Waals surface area contributed by atoms with E-state index in [0.29, 0.717) is 0 Å². The van der Waals surface area contributed by atoms with Crippen LogP contribution >= 0.6 is 11.8 Å². The van der Waals surface area contributed by atoms with Crippen molar-refractivity contribution in [3.05, 3.63) is 78.4 Å². The van der Waals surface area contributed by atoms with E-state index in [0.717, 1.165) is 24.2 Å². The van der Waals surface area contributed by atoms with E-state index in [1.807, 2.05) is 30.4 Å². The third kappa shape index (κ3) is 11.8. The Balaban J connectivity index is 2.54. The quantitative estimate of drug-likeness (QED) is 0.134. The molecule has 0 bridgehead atoms. The summed E-state index contributed by atoms with van der Waals surface area (Å²) in [5.41, 5.74) is 0.270. The largest absolute Gasteiger partial charge is 0.478 e. The molecule has 0 aliphatic rings. The van der Waals surface area contributed by atoms with Crippen molar-refractivity contribution in [2.45, 2.75) is 75.0 Å². The number of aliphatic hydroxyl groups excluding tert-OH is 1. The maximum atomic E-state index is 11.0. The molecule has 2 N–H and O–H groups in total. The fourth-order valence-electron chi connectivity index (χ4n) is 2.80. The smallest absolute Gasteiger partial charge is 0.335 e. The first-order valence-corrected chi connectivity index (χ1v) is 11.8. The number of allylic oxidation sites excluding steroid dienone is 7. The highest BCUT2D eigenvalue weighted by Gasteiger charge is 2.17. The van der Waals surface area contributed by atoms with Crippen molar-refractivity contribution in [2.75, 3.05) is 0 Å². The molecule has 1 rings (SSSR count). The number of hydrogen-bond donors (Lipinski definition) is 2. The molecule has 3 nitrogen and oxygen atoms in total. The molecule has 0 unspecified atom stereocenters. The Hall–Kier alpha value is -2.04. The molecule has 0 saturated heterocycles. The van der Waals surface area contributed by atoms with Crippen molar-refractivity contribution in [1.82, 2.24) is 0 Å². The van der Waals surface area contributed by atoms with Crippen molar-refractivity contribution < 1.29 is 15.0 Å². The lowest BCUT2D eigenvalue weighted by Crippen LogP contribution is -2.20. The summed E-state index contributed by atoms with van der Waals surface area (Å²) in [5.74, 6) is -0.931. The summed E-state index contributed by atoms with van der Waals surface area (Å²) in [7, 11) is 0. The second-order valence-corrected chi connectivity index (χ2v) is 8.42. The van der Waals surface area contributed by atoms with E-state index in [-0.39, 0.29) is 10.8 Å². The van der Waals surface area contributed by atoms with Crippen LogP contribution < -0.4 is 0 Å². The Morgan fingerprint density at radius 1 is 0.967 bits per heavy atom. The first-order valence-electron chi connectivity index (χ1n) is 10.9. The average Bonchev–Trinajstić information content (AvgIpc) is 2.74. The van der Waals surface area contributed by atoms with Crippen molar-refractivity contribution >= 4 is 17.7 Å². The van der Waals surface area contributed by atoms with Crippen molar-refractivity contribution in [1.29, 1.82) is 0 Å². The van der Waals surface area contributed by atoms with Gasteiger partial charge in [0, 0.05) is 4.90 Å². The van der Waals surface area contributed by atoms with Crippen LogP contribution in [-0.2, 0) is 0 Å². The highest BCUT2D eigenvalue weighted by atomic mass is 32.2.